The summed E-state index contributed by atoms with van der Waals surface area (Å²) in [5, 5.41) is 2.65. The number of aryl methyl sites for hydroxylation is 1. The zero-order valence-corrected chi connectivity index (χ0v) is 15.9. The Morgan fingerprint density at radius 3 is 2.72 bits per heavy atom. The molecule has 0 atom stereocenters. The summed E-state index contributed by atoms with van der Waals surface area (Å²) in [5.74, 6) is 1.61. The highest BCUT2D eigenvalue weighted by Gasteiger charge is 2.18. The first-order valence-electron chi connectivity index (χ1n) is 8.96. The van der Waals surface area contributed by atoms with Gasteiger partial charge >= 0.3 is 0 Å². The van der Waals surface area contributed by atoms with E-state index in [2.05, 4.69) is 25.7 Å². The molecule has 0 aliphatic heterocycles. The smallest absolute Gasteiger partial charge is 0.263 e. The standard InChI is InChI=1S/C19H25N3O2S/c1-4-8-16-20-18-17(14(13-25-18)15-9-7-12-24-15)19(23)22(16)11-10-21(5-2)6-3/h7,9,12-13H,4-6,8,10-11H2,1-3H3. The van der Waals surface area contributed by atoms with Gasteiger partial charge in [-0.15, -0.1) is 11.3 Å². The Morgan fingerprint density at radius 2 is 2.08 bits per heavy atom. The molecule has 5 nitrogen and oxygen atoms in total. The monoisotopic (exact) mass is 359 g/mol. The Bertz CT molecular complexity index is 876. The van der Waals surface area contributed by atoms with Gasteiger partial charge in [0.15, 0.2) is 0 Å². The van der Waals surface area contributed by atoms with Crippen LogP contribution in [0.1, 0.15) is 33.0 Å². The summed E-state index contributed by atoms with van der Waals surface area (Å²) in [6.45, 7) is 9.92. The van der Waals surface area contributed by atoms with Crippen molar-refractivity contribution in [2.75, 3.05) is 19.6 Å². The predicted octanol–water partition coefficient (Wildman–Crippen LogP) is 4.01. The molecule has 0 bridgehead atoms. The highest BCUT2D eigenvalue weighted by Crippen LogP contribution is 2.31. The van der Waals surface area contributed by atoms with Gasteiger partial charge in [-0.1, -0.05) is 20.8 Å². The first-order valence-corrected chi connectivity index (χ1v) is 9.84. The Morgan fingerprint density at radius 1 is 1.28 bits per heavy atom. The topological polar surface area (TPSA) is 51.3 Å². The molecule has 6 heteroatoms. The summed E-state index contributed by atoms with van der Waals surface area (Å²) in [6.07, 6.45) is 3.42. The SMILES string of the molecule is CCCc1nc2scc(-c3ccco3)c2c(=O)n1CCN(CC)CC. The Hall–Kier alpha value is -1.92. The van der Waals surface area contributed by atoms with Gasteiger partial charge in [-0.3, -0.25) is 9.36 Å². The molecule has 0 radical (unpaired) electrons. The molecule has 0 unspecified atom stereocenters. The van der Waals surface area contributed by atoms with Crippen LogP contribution in [0.15, 0.2) is 33.0 Å². The fourth-order valence-corrected chi connectivity index (χ4v) is 4.04. The molecule has 0 aliphatic rings. The summed E-state index contributed by atoms with van der Waals surface area (Å²) in [4.78, 5) is 21.2. The van der Waals surface area contributed by atoms with Crippen molar-refractivity contribution in [3.63, 3.8) is 0 Å². The summed E-state index contributed by atoms with van der Waals surface area (Å²) in [6, 6.07) is 3.73. The first kappa shape index (κ1) is 17.9. The quantitative estimate of drug-likeness (QED) is 0.610. The van der Waals surface area contributed by atoms with Crippen molar-refractivity contribution in [1.82, 2.24) is 14.5 Å². The van der Waals surface area contributed by atoms with E-state index in [4.69, 9.17) is 9.40 Å². The molecule has 0 fully saturated rings. The molecule has 0 amide bonds. The van der Waals surface area contributed by atoms with Gasteiger partial charge in [0.2, 0.25) is 0 Å². The van der Waals surface area contributed by atoms with Crippen molar-refractivity contribution in [2.24, 2.45) is 0 Å². The summed E-state index contributed by atoms with van der Waals surface area (Å²) >= 11 is 1.51. The van der Waals surface area contributed by atoms with Gasteiger partial charge in [-0.05, 0) is 31.6 Å². The highest BCUT2D eigenvalue weighted by atomic mass is 32.1. The lowest BCUT2D eigenvalue weighted by atomic mass is 10.2. The van der Waals surface area contributed by atoms with Crippen molar-refractivity contribution < 1.29 is 4.42 Å². The summed E-state index contributed by atoms with van der Waals surface area (Å²) < 4.78 is 7.38. The van der Waals surface area contributed by atoms with E-state index in [0.29, 0.717) is 11.9 Å². The van der Waals surface area contributed by atoms with Crippen LogP contribution in [-0.4, -0.2) is 34.1 Å². The third-order valence-corrected chi connectivity index (χ3v) is 5.44. The lowest BCUT2D eigenvalue weighted by molar-refractivity contribution is 0.287. The van der Waals surface area contributed by atoms with Gasteiger partial charge in [0.05, 0.1) is 11.6 Å². The van der Waals surface area contributed by atoms with Crippen LogP contribution in [0.5, 0.6) is 0 Å². The second-order valence-corrected chi connectivity index (χ2v) is 6.93. The van der Waals surface area contributed by atoms with E-state index in [1.807, 2.05) is 22.1 Å². The molecule has 0 spiro atoms. The molecule has 0 aromatic carbocycles. The molecule has 3 aromatic heterocycles. The average molecular weight is 359 g/mol. The number of furan rings is 1. The van der Waals surface area contributed by atoms with Crippen molar-refractivity contribution in [2.45, 2.75) is 40.2 Å². The molecule has 3 aromatic rings. The predicted molar refractivity (Wildman–Crippen MR) is 103 cm³/mol. The third kappa shape index (κ3) is 3.55. The fourth-order valence-electron chi connectivity index (χ4n) is 3.11. The average Bonchev–Trinajstić information content (AvgIpc) is 3.27. The Balaban J connectivity index is 2.09. The maximum atomic E-state index is 13.3. The summed E-state index contributed by atoms with van der Waals surface area (Å²) in [7, 11) is 0. The zero-order valence-electron chi connectivity index (χ0n) is 15.1. The number of hydrogen-bond acceptors (Lipinski definition) is 5. The van der Waals surface area contributed by atoms with Crippen LogP contribution in [0, 0.1) is 0 Å². The molecule has 3 rings (SSSR count). The molecule has 134 valence electrons. The van der Waals surface area contributed by atoms with Crippen LogP contribution >= 0.6 is 11.3 Å². The second-order valence-electron chi connectivity index (χ2n) is 6.07. The van der Waals surface area contributed by atoms with Crippen LogP contribution in [0.2, 0.25) is 0 Å². The molecule has 0 saturated heterocycles. The zero-order chi connectivity index (χ0) is 17.8. The summed E-state index contributed by atoms with van der Waals surface area (Å²) in [5.41, 5.74) is 0.899. The molecule has 3 heterocycles. The molecule has 0 N–H and O–H groups in total. The lowest BCUT2D eigenvalue weighted by Crippen LogP contribution is -2.33. The van der Waals surface area contributed by atoms with Crippen LogP contribution in [0.4, 0.5) is 0 Å². The minimum Gasteiger partial charge on any atom is -0.464 e. The molecule has 0 saturated carbocycles. The first-order chi connectivity index (χ1) is 12.2. The van der Waals surface area contributed by atoms with Gasteiger partial charge in [0.25, 0.3) is 5.56 Å². The minimum absolute atomic E-state index is 0.0493. The second kappa shape index (κ2) is 7.97. The number of rotatable bonds is 8. The van der Waals surface area contributed by atoms with Crippen molar-refractivity contribution in [3.8, 4) is 11.3 Å². The van der Waals surface area contributed by atoms with Gasteiger partial charge in [0.1, 0.15) is 16.4 Å². The maximum absolute atomic E-state index is 13.3. The lowest BCUT2D eigenvalue weighted by Gasteiger charge is -2.20. The van der Waals surface area contributed by atoms with Crippen LogP contribution in [0.25, 0.3) is 21.5 Å². The van der Waals surface area contributed by atoms with Crippen molar-refractivity contribution in [3.05, 3.63) is 40.0 Å². The van der Waals surface area contributed by atoms with Gasteiger partial charge < -0.3 is 9.32 Å². The highest BCUT2D eigenvalue weighted by molar-refractivity contribution is 7.17. The van der Waals surface area contributed by atoms with E-state index < -0.39 is 0 Å². The molecular weight excluding hydrogens is 334 g/mol. The van der Waals surface area contributed by atoms with Crippen LogP contribution < -0.4 is 5.56 Å². The molecular formula is C19H25N3O2S. The number of hydrogen-bond donors (Lipinski definition) is 0. The number of aromatic nitrogens is 2. The Kier molecular flexibility index (Phi) is 5.71. The molecule has 25 heavy (non-hydrogen) atoms. The fraction of sp³-hybridized carbons (Fsp3) is 0.474. The largest absolute Gasteiger partial charge is 0.464 e. The van der Waals surface area contributed by atoms with Crippen LogP contribution in [0.3, 0.4) is 0 Å². The number of nitrogens with zero attached hydrogens (tertiary/aromatic N) is 3. The van der Waals surface area contributed by atoms with Gasteiger partial charge in [-0.25, -0.2) is 4.98 Å². The van der Waals surface area contributed by atoms with E-state index in [1.165, 1.54) is 11.3 Å². The van der Waals surface area contributed by atoms with Gasteiger partial charge in [0, 0.05) is 30.5 Å². The van der Waals surface area contributed by atoms with E-state index in [1.54, 1.807) is 6.26 Å². The number of likely N-dealkylation sites (N-methyl/N-ethyl adjacent to an activating group) is 1. The van der Waals surface area contributed by atoms with E-state index in [-0.39, 0.29) is 5.56 Å². The number of fused-ring (bicyclic) bond motifs is 1. The van der Waals surface area contributed by atoms with Crippen LogP contribution in [-0.2, 0) is 13.0 Å². The van der Waals surface area contributed by atoms with E-state index >= 15 is 0 Å². The van der Waals surface area contributed by atoms with Gasteiger partial charge in [-0.2, -0.15) is 0 Å². The maximum Gasteiger partial charge on any atom is 0.263 e. The Labute approximate surface area is 151 Å². The van der Waals surface area contributed by atoms with Crippen molar-refractivity contribution >= 4 is 21.6 Å². The molecule has 0 aliphatic carbocycles. The normalized spacial score (nSPS) is 11.7. The van der Waals surface area contributed by atoms with Crippen molar-refractivity contribution in [1.29, 1.82) is 0 Å². The minimum atomic E-state index is 0.0493. The van der Waals surface area contributed by atoms with E-state index in [0.717, 1.165) is 54.5 Å². The third-order valence-electron chi connectivity index (χ3n) is 4.57. The van der Waals surface area contributed by atoms with E-state index in [9.17, 15) is 4.79 Å². The number of thiophene rings is 1.